The van der Waals surface area contributed by atoms with Crippen molar-refractivity contribution in [1.29, 1.82) is 0 Å². The summed E-state index contributed by atoms with van der Waals surface area (Å²) in [5, 5.41) is 4.61. The second-order valence-corrected chi connectivity index (χ2v) is 6.93. The normalized spacial score (nSPS) is 14.0. The van der Waals surface area contributed by atoms with Crippen molar-refractivity contribution >= 4 is 29.2 Å². The minimum atomic E-state index is -0.679. The minimum Gasteiger partial charge on any atom is -0.486 e. The molecule has 1 aromatic carbocycles. The molecule has 1 aliphatic rings. The topological polar surface area (TPSA) is 92.1 Å². The van der Waals surface area contributed by atoms with Gasteiger partial charge in [-0.1, -0.05) is 11.6 Å². The molecule has 30 heavy (non-hydrogen) atoms. The first-order valence-electron chi connectivity index (χ1n) is 9.02. The highest BCUT2D eigenvalue weighted by molar-refractivity contribution is 6.32. The zero-order chi connectivity index (χ0) is 21.8. The number of ether oxygens (including phenoxy) is 4. The molecule has 9 nitrogen and oxygen atoms in total. The second-order valence-electron chi connectivity index (χ2n) is 6.52. The number of esters is 2. The fourth-order valence-electron chi connectivity index (χ4n) is 3.07. The van der Waals surface area contributed by atoms with E-state index in [4.69, 9.17) is 30.5 Å². The molecule has 0 saturated heterocycles. The summed E-state index contributed by atoms with van der Waals surface area (Å²) in [6, 6.07) is 6.94. The summed E-state index contributed by atoms with van der Waals surface area (Å²) in [5.41, 5.74) is 2.44. The number of carbonyl (C=O) groups excluding carboxylic acids is 2. The first-order valence-corrected chi connectivity index (χ1v) is 9.40. The number of aryl methyl sites for hydroxylation is 2. The van der Waals surface area contributed by atoms with Crippen molar-refractivity contribution < 1.29 is 28.5 Å². The van der Waals surface area contributed by atoms with Crippen LogP contribution in [0.1, 0.15) is 11.4 Å². The Bertz CT molecular complexity index is 1000. The molecule has 160 valence electrons. The van der Waals surface area contributed by atoms with Crippen molar-refractivity contribution in [2.24, 2.45) is 7.05 Å². The lowest BCUT2D eigenvalue weighted by molar-refractivity contribution is -0.140. The van der Waals surface area contributed by atoms with Crippen molar-refractivity contribution in [1.82, 2.24) is 9.78 Å². The zero-order valence-corrected chi connectivity index (χ0v) is 17.9. The van der Waals surface area contributed by atoms with E-state index in [-0.39, 0.29) is 24.6 Å². The van der Waals surface area contributed by atoms with E-state index in [0.29, 0.717) is 23.1 Å². The smallest absolute Gasteiger partial charge is 0.355 e. The van der Waals surface area contributed by atoms with E-state index in [2.05, 4.69) is 5.10 Å². The predicted octanol–water partition coefficient (Wildman–Crippen LogP) is 2.36. The van der Waals surface area contributed by atoms with Crippen LogP contribution in [-0.4, -0.2) is 49.3 Å². The predicted molar refractivity (Wildman–Crippen MR) is 108 cm³/mol. The van der Waals surface area contributed by atoms with Crippen molar-refractivity contribution in [3.63, 3.8) is 0 Å². The van der Waals surface area contributed by atoms with Crippen LogP contribution in [-0.2, 0) is 37.5 Å². The zero-order valence-electron chi connectivity index (χ0n) is 17.1. The Kier molecular flexibility index (Phi) is 6.63. The third kappa shape index (κ3) is 4.42. The fourth-order valence-corrected chi connectivity index (χ4v) is 3.30. The molecule has 0 saturated carbocycles. The Labute approximate surface area is 178 Å². The van der Waals surface area contributed by atoms with Gasteiger partial charge in [0.1, 0.15) is 24.8 Å². The highest BCUT2D eigenvalue weighted by Gasteiger charge is 2.32. The number of anilines is 1. The van der Waals surface area contributed by atoms with Crippen molar-refractivity contribution in [2.45, 2.75) is 13.5 Å². The number of hydrogen-bond acceptors (Lipinski definition) is 8. The lowest BCUT2D eigenvalue weighted by atomic mass is 10.1. The number of hydrogen-bond donors (Lipinski definition) is 0. The molecular formula is C20H22ClN3O6. The molecule has 0 amide bonds. The van der Waals surface area contributed by atoms with E-state index < -0.39 is 11.9 Å². The van der Waals surface area contributed by atoms with E-state index in [1.54, 1.807) is 22.9 Å². The van der Waals surface area contributed by atoms with Crippen LogP contribution < -0.4 is 9.64 Å². The van der Waals surface area contributed by atoms with Gasteiger partial charge in [0.2, 0.25) is 0 Å². The van der Waals surface area contributed by atoms with E-state index in [0.717, 1.165) is 11.4 Å². The Balaban J connectivity index is 1.87. The molecule has 0 aliphatic carbocycles. The third-order valence-corrected chi connectivity index (χ3v) is 4.83. The van der Waals surface area contributed by atoms with Gasteiger partial charge in [-0.15, -0.1) is 0 Å². The summed E-state index contributed by atoms with van der Waals surface area (Å²) in [6.45, 7) is 2.17. The van der Waals surface area contributed by atoms with Crippen LogP contribution in [0.5, 0.6) is 5.75 Å². The van der Waals surface area contributed by atoms with Gasteiger partial charge in [-0.25, -0.2) is 9.59 Å². The summed E-state index contributed by atoms with van der Waals surface area (Å²) in [7, 11) is 4.31. The van der Waals surface area contributed by atoms with Crippen molar-refractivity contribution in [3.05, 3.63) is 51.9 Å². The van der Waals surface area contributed by atoms with E-state index in [9.17, 15) is 9.59 Å². The maximum atomic E-state index is 12.4. The Morgan fingerprint density at radius 3 is 2.53 bits per heavy atom. The highest BCUT2D eigenvalue weighted by Crippen LogP contribution is 2.33. The fraction of sp³-hybridized carbons (Fsp3) is 0.350. The third-order valence-electron chi connectivity index (χ3n) is 4.53. The molecule has 0 radical (unpaired) electrons. The quantitative estimate of drug-likeness (QED) is 0.638. The molecule has 1 aromatic heterocycles. The van der Waals surface area contributed by atoms with E-state index in [1.807, 2.05) is 20.0 Å². The standard InChI is InChI=1S/C20H22ClN3O6/c1-12-7-14(23(2)22-12)9-30-17-6-5-13(8-16(17)21)24-11-29-10-15(19(25)27-3)18(24)20(26)28-4/h5-8H,9-11H2,1-4H3. The molecule has 0 unspecified atom stereocenters. The largest absolute Gasteiger partial charge is 0.486 e. The molecule has 0 fully saturated rings. The van der Waals surface area contributed by atoms with E-state index in [1.165, 1.54) is 19.1 Å². The molecule has 0 N–H and O–H groups in total. The second kappa shape index (κ2) is 9.19. The molecule has 0 atom stereocenters. The summed E-state index contributed by atoms with van der Waals surface area (Å²) < 4.78 is 22.6. The lowest BCUT2D eigenvalue weighted by Gasteiger charge is -2.31. The minimum absolute atomic E-state index is 0.0375. The van der Waals surface area contributed by atoms with Gasteiger partial charge in [0, 0.05) is 12.7 Å². The number of aromatic nitrogens is 2. The van der Waals surface area contributed by atoms with Crippen LogP contribution in [0.15, 0.2) is 35.5 Å². The average molecular weight is 436 g/mol. The summed E-state index contributed by atoms with van der Waals surface area (Å²) >= 11 is 6.41. The van der Waals surface area contributed by atoms with Crippen LogP contribution in [0.3, 0.4) is 0 Å². The Morgan fingerprint density at radius 1 is 1.20 bits per heavy atom. The maximum absolute atomic E-state index is 12.4. The molecule has 0 spiro atoms. The Hall–Kier alpha value is -3.04. The number of benzene rings is 1. The first kappa shape index (κ1) is 21.7. The van der Waals surface area contributed by atoms with Crippen molar-refractivity contribution in [3.8, 4) is 5.75 Å². The number of rotatable bonds is 6. The summed E-state index contributed by atoms with van der Waals surface area (Å²) in [6.07, 6.45) is 0. The summed E-state index contributed by atoms with van der Waals surface area (Å²) in [5.74, 6) is -0.881. The highest BCUT2D eigenvalue weighted by atomic mass is 35.5. The van der Waals surface area contributed by atoms with Gasteiger partial charge in [-0.3, -0.25) is 4.68 Å². The monoisotopic (exact) mass is 435 g/mol. The average Bonchev–Trinajstić information content (AvgIpc) is 3.07. The number of nitrogens with zero attached hydrogens (tertiary/aromatic N) is 3. The van der Waals surface area contributed by atoms with Crippen LogP contribution in [0, 0.1) is 6.92 Å². The maximum Gasteiger partial charge on any atom is 0.355 e. The Morgan fingerprint density at radius 2 is 1.93 bits per heavy atom. The van der Waals surface area contributed by atoms with Crippen LogP contribution >= 0.6 is 11.6 Å². The first-order chi connectivity index (χ1) is 14.3. The molecular weight excluding hydrogens is 414 g/mol. The van der Waals surface area contributed by atoms with Gasteiger partial charge in [0.05, 0.1) is 42.8 Å². The van der Waals surface area contributed by atoms with Crippen molar-refractivity contribution in [2.75, 3.05) is 32.5 Å². The molecule has 1 aliphatic heterocycles. The van der Waals surface area contributed by atoms with E-state index >= 15 is 0 Å². The van der Waals surface area contributed by atoms with Gasteiger partial charge in [0.25, 0.3) is 0 Å². The van der Waals surface area contributed by atoms with Crippen LogP contribution in [0.25, 0.3) is 0 Å². The van der Waals surface area contributed by atoms with Gasteiger partial charge in [-0.2, -0.15) is 5.10 Å². The van der Waals surface area contributed by atoms with Gasteiger partial charge in [-0.05, 0) is 31.2 Å². The SMILES string of the molecule is COC(=O)C1=C(C(=O)OC)N(c2ccc(OCc3cc(C)nn3C)c(Cl)c2)COC1. The van der Waals surface area contributed by atoms with Gasteiger partial charge < -0.3 is 23.8 Å². The number of methoxy groups -OCH3 is 2. The molecule has 0 bridgehead atoms. The summed E-state index contributed by atoms with van der Waals surface area (Å²) in [4.78, 5) is 26.0. The molecule has 2 aromatic rings. The van der Waals surface area contributed by atoms with Gasteiger partial charge in [0.15, 0.2) is 0 Å². The lowest BCUT2D eigenvalue weighted by Crippen LogP contribution is -2.38. The number of halogens is 1. The van der Waals surface area contributed by atoms with Crippen LogP contribution in [0.2, 0.25) is 5.02 Å². The van der Waals surface area contributed by atoms with Gasteiger partial charge >= 0.3 is 11.9 Å². The molecule has 3 rings (SSSR count). The molecule has 2 heterocycles. The molecule has 10 heteroatoms. The van der Waals surface area contributed by atoms with Crippen LogP contribution in [0.4, 0.5) is 5.69 Å². The number of carbonyl (C=O) groups is 2.